The molecule has 0 spiro atoms. The summed E-state index contributed by atoms with van der Waals surface area (Å²) in [6.45, 7) is 0.737. The molecule has 0 unspecified atom stereocenters. The van der Waals surface area contributed by atoms with Gasteiger partial charge in [-0.1, -0.05) is 0 Å². The summed E-state index contributed by atoms with van der Waals surface area (Å²) in [7, 11) is 0. The molecule has 0 atom stereocenters. The number of rotatable bonds is 0. The molecule has 12 heavy (non-hydrogen) atoms. The summed E-state index contributed by atoms with van der Waals surface area (Å²) in [6, 6.07) is 8.42. The van der Waals surface area contributed by atoms with Crippen LogP contribution in [0.2, 0.25) is 0 Å². The van der Waals surface area contributed by atoms with E-state index in [4.69, 9.17) is 4.74 Å². The van der Waals surface area contributed by atoms with Crippen molar-refractivity contribution in [3.05, 3.63) is 41.7 Å². The Morgan fingerprint density at radius 3 is 2.75 bits per heavy atom. The predicted octanol–water partition coefficient (Wildman–Crippen LogP) is 0.878. The van der Waals surface area contributed by atoms with Crippen molar-refractivity contribution in [3.8, 4) is 0 Å². The Kier molecular flexibility index (Phi) is 4.00. The molecule has 0 saturated carbocycles. The zero-order valence-corrected chi connectivity index (χ0v) is 8.92. The predicted molar refractivity (Wildman–Crippen MR) is 49.1 cm³/mol. The van der Waals surface area contributed by atoms with Gasteiger partial charge in [0.2, 0.25) is 0 Å². The van der Waals surface area contributed by atoms with E-state index in [1.54, 1.807) is 0 Å². The summed E-state index contributed by atoms with van der Waals surface area (Å²) in [5, 5.41) is 0. The van der Waals surface area contributed by atoms with E-state index in [-0.39, 0.29) is 17.4 Å². The average Bonchev–Trinajstić information content (AvgIpc) is 2.06. The Morgan fingerprint density at radius 2 is 2.00 bits per heavy atom. The summed E-state index contributed by atoms with van der Waals surface area (Å²) in [5.74, 6) is 0. The van der Waals surface area contributed by atoms with Crippen molar-refractivity contribution in [2.75, 3.05) is 0 Å². The van der Waals surface area contributed by atoms with Crippen molar-refractivity contribution in [2.45, 2.75) is 6.61 Å². The number of benzene rings is 1. The van der Waals surface area contributed by atoms with Gasteiger partial charge >= 0.3 is 86.3 Å². The molecule has 1 aromatic carbocycles. The van der Waals surface area contributed by atoms with Gasteiger partial charge in [0, 0.05) is 0 Å². The van der Waals surface area contributed by atoms with Gasteiger partial charge in [-0.2, -0.15) is 0 Å². The molecule has 0 amide bonds. The van der Waals surface area contributed by atoms with Crippen LogP contribution < -0.4 is 0 Å². The Morgan fingerprint density at radius 1 is 1.25 bits per heavy atom. The third-order valence-corrected chi connectivity index (χ3v) is 2.88. The average molecular weight is 250 g/mol. The normalized spacial score (nSPS) is 13.4. The molecule has 0 saturated heterocycles. The van der Waals surface area contributed by atoms with Crippen LogP contribution in [0.3, 0.4) is 0 Å². The van der Waals surface area contributed by atoms with Gasteiger partial charge in [-0.25, -0.2) is 0 Å². The first-order valence-corrected chi connectivity index (χ1v) is 4.95. The minimum absolute atomic E-state index is 0. The molecule has 0 fully saturated rings. The summed E-state index contributed by atoms with van der Waals surface area (Å²) < 4.78 is 6.62. The maximum absolute atomic E-state index is 5.28. The van der Waals surface area contributed by atoms with E-state index in [1.807, 2.05) is 6.26 Å². The molecular formula is C9H10AlOY. The van der Waals surface area contributed by atoms with Gasteiger partial charge in [0.15, 0.2) is 17.4 Å². The second kappa shape index (κ2) is 4.58. The molecule has 0 aromatic heterocycles. The summed E-state index contributed by atoms with van der Waals surface area (Å²) in [6.07, 6.45) is 1.88. The third-order valence-electron chi connectivity index (χ3n) is 1.78. The van der Waals surface area contributed by atoms with Crippen LogP contribution in [0.4, 0.5) is 0 Å². The second-order valence-corrected chi connectivity index (χ2v) is 4.07. The van der Waals surface area contributed by atoms with Crippen molar-refractivity contribution in [1.29, 1.82) is 0 Å². The fourth-order valence-electron chi connectivity index (χ4n) is 1.21. The van der Waals surface area contributed by atoms with Crippen LogP contribution in [0, 0.1) is 0 Å². The van der Waals surface area contributed by atoms with Gasteiger partial charge < -0.3 is 0 Å². The van der Waals surface area contributed by atoms with Crippen LogP contribution in [-0.2, 0) is 42.3 Å². The van der Waals surface area contributed by atoms with E-state index >= 15 is 0 Å². The van der Waals surface area contributed by atoms with E-state index in [0.717, 1.165) is 37.6 Å². The molecule has 1 aliphatic rings. The Bertz CT molecular complexity index is 309. The van der Waals surface area contributed by atoms with Crippen molar-refractivity contribution < 1.29 is 35.7 Å². The van der Waals surface area contributed by atoms with Crippen LogP contribution in [0.5, 0.6) is 0 Å². The number of ether oxygens (including phenoxy) is 1. The van der Waals surface area contributed by atoms with E-state index < -0.39 is 0 Å². The van der Waals surface area contributed by atoms with Crippen molar-refractivity contribution in [1.82, 2.24) is 0 Å². The molecule has 1 nitrogen and oxygen atoms in total. The van der Waals surface area contributed by atoms with Crippen molar-refractivity contribution in [3.63, 3.8) is 0 Å². The van der Waals surface area contributed by atoms with E-state index in [0.29, 0.717) is 0 Å². The zero-order chi connectivity index (χ0) is 7.68. The summed E-state index contributed by atoms with van der Waals surface area (Å²) in [4.78, 5) is 0. The molecule has 2 rings (SSSR count). The minimum atomic E-state index is 0. The Labute approximate surface area is 103 Å². The van der Waals surface area contributed by atoms with Crippen molar-refractivity contribution >= 4 is 19.7 Å². The van der Waals surface area contributed by atoms with Gasteiger partial charge in [-0.05, 0) is 0 Å². The number of hydrogen-bond donors (Lipinski definition) is 0. The SMILES string of the molecule is [AlH3].[Y][C]1=COCc2ccccc21. The molecular weight excluding hydrogens is 240 g/mol. The Balaban J connectivity index is 0.000000720. The van der Waals surface area contributed by atoms with Gasteiger partial charge in [0.1, 0.15) is 0 Å². The van der Waals surface area contributed by atoms with Crippen LogP contribution in [-0.4, -0.2) is 17.4 Å². The quantitative estimate of drug-likeness (QED) is 0.621. The molecule has 58 valence electrons. The fraction of sp³-hybridized carbons (Fsp3) is 0.111. The molecule has 0 bridgehead atoms. The van der Waals surface area contributed by atoms with E-state index in [9.17, 15) is 0 Å². The molecule has 1 aromatic rings. The van der Waals surface area contributed by atoms with Gasteiger partial charge in [-0.15, -0.1) is 0 Å². The molecule has 0 radical (unpaired) electrons. The molecule has 0 N–H and O–H groups in total. The third kappa shape index (κ3) is 2.01. The molecule has 1 heterocycles. The Hall–Kier alpha value is 0.396. The summed E-state index contributed by atoms with van der Waals surface area (Å²) >= 11 is 1.13. The molecule has 0 aliphatic carbocycles. The molecule has 1 aliphatic heterocycles. The maximum atomic E-state index is 5.28. The van der Waals surface area contributed by atoms with Crippen LogP contribution in [0.1, 0.15) is 11.1 Å². The summed E-state index contributed by atoms with van der Waals surface area (Å²) in [5.41, 5.74) is 2.69. The first-order chi connectivity index (χ1) is 5.38. The second-order valence-electron chi connectivity index (χ2n) is 2.54. The molecule has 3 heteroatoms. The number of fused-ring (bicyclic) bond motifs is 1. The number of hydrogen-bond acceptors (Lipinski definition) is 1. The van der Waals surface area contributed by atoms with Gasteiger partial charge in [-0.3, -0.25) is 0 Å². The van der Waals surface area contributed by atoms with Gasteiger partial charge in [0.25, 0.3) is 0 Å². The van der Waals surface area contributed by atoms with Gasteiger partial charge in [0.05, 0.1) is 0 Å². The van der Waals surface area contributed by atoms with E-state index in [2.05, 4.69) is 24.3 Å². The van der Waals surface area contributed by atoms with E-state index in [1.165, 1.54) is 13.5 Å². The standard InChI is InChI=1S/C9H7O.Al.Y.3H/c1-2-4-9-7-10-6-5-8(9)3-1;;;;;/h1-4,6H,7H2;;;;;. The van der Waals surface area contributed by atoms with Crippen LogP contribution in [0.25, 0.3) is 2.38 Å². The van der Waals surface area contributed by atoms with Crippen molar-refractivity contribution in [2.24, 2.45) is 0 Å². The topological polar surface area (TPSA) is 9.23 Å². The van der Waals surface area contributed by atoms with Crippen LogP contribution in [0.15, 0.2) is 30.5 Å². The first-order valence-electron chi connectivity index (χ1n) is 3.53. The van der Waals surface area contributed by atoms with Crippen LogP contribution >= 0.6 is 0 Å². The fourth-order valence-corrected chi connectivity index (χ4v) is 2.14. The monoisotopic (exact) mass is 250 g/mol. The first kappa shape index (κ1) is 10.5. The zero-order valence-electron chi connectivity index (χ0n) is 6.08.